The van der Waals surface area contributed by atoms with Crippen LogP contribution in [0.2, 0.25) is 0 Å². The molecule has 1 aromatic heterocycles. The molecule has 76 valence electrons. The molecule has 0 spiro atoms. The summed E-state index contributed by atoms with van der Waals surface area (Å²) in [6, 6.07) is 6.02. The summed E-state index contributed by atoms with van der Waals surface area (Å²) in [5.74, 6) is 0. The number of hydrogen-bond acceptors (Lipinski definition) is 2. The van der Waals surface area contributed by atoms with E-state index in [-0.39, 0.29) is 0 Å². The Kier molecular flexibility index (Phi) is 2.88. The minimum atomic E-state index is 0.575. The zero-order valence-corrected chi connectivity index (χ0v) is 9.97. The summed E-state index contributed by atoms with van der Waals surface area (Å²) < 4.78 is 0.912. The van der Waals surface area contributed by atoms with E-state index in [0.717, 1.165) is 23.4 Å². The van der Waals surface area contributed by atoms with Crippen molar-refractivity contribution in [2.45, 2.75) is 26.3 Å². The quantitative estimate of drug-likeness (QED) is 0.837. The molecule has 14 heavy (non-hydrogen) atoms. The second-order valence-corrected chi connectivity index (χ2v) is 5.18. The molecule has 1 saturated carbocycles. The van der Waals surface area contributed by atoms with Crippen molar-refractivity contribution in [3.8, 4) is 0 Å². The van der Waals surface area contributed by atoms with Gasteiger partial charge >= 0.3 is 0 Å². The van der Waals surface area contributed by atoms with Gasteiger partial charge in [-0.3, -0.25) is 0 Å². The topological polar surface area (TPSA) is 24.9 Å². The van der Waals surface area contributed by atoms with Crippen LogP contribution >= 0.6 is 15.9 Å². The van der Waals surface area contributed by atoms with Crippen molar-refractivity contribution in [1.29, 1.82) is 0 Å². The highest BCUT2D eigenvalue weighted by Gasteiger charge is 2.36. The molecular formula is C11H15BrN2. The smallest absolute Gasteiger partial charge is 0.106 e. The molecule has 1 aliphatic carbocycles. The first-order chi connectivity index (χ1) is 6.68. The zero-order chi connectivity index (χ0) is 10.0. The Morgan fingerprint density at radius 1 is 1.50 bits per heavy atom. The summed E-state index contributed by atoms with van der Waals surface area (Å²) in [5, 5.41) is 3.45. The first-order valence-corrected chi connectivity index (χ1v) is 5.79. The summed E-state index contributed by atoms with van der Waals surface area (Å²) >= 11 is 3.37. The van der Waals surface area contributed by atoms with Crippen molar-refractivity contribution in [2.75, 3.05) is 6.54 Å². The summed E-state index contributed by atoms with van der Waals surface area (Å²) in [5.41, 5.74) is 1.68. The number of nitrogens with one attached hydrogen (secondary N) is 1. The Morgan fingerprint density at radius 3 is 2.93 bits per heavy atom. The lowest BCUT2D eigenvalue weighted by atomic mass is 10.1. The van der Waals surface area contributed by atoms with E-state index in [1.54, 1.807) is 0 Å². The lowest BCUT2D eigenvalue weighted by molar-refractivity contribution is 0.496. The van der Waals surface area contributed by atoms with Crippen LogP contribution in [0.25, 0.3) is 0 Å². The molecule has 0 aliphatic heterocycles. The van der Waals surface area contributed by atoms with Gasteiger partial charge in [-0.25, -0.2) is 4.98 Å². The average molecular weight is 255 g/mol. The van der Waals surface area contributed by atoms with Crippen molar-refractivity contribution < 1.29 is 0 Å². The van der Waals surface area contributed by atoms with E-state index in [1.165, 1.54) is 12.8 Å². The molecule has 1 aliphatic rings. The van der Waals surface area contributed by atoms with E-state index in [4.69, 9.17) is 0 Å². The molecule has 0 atom stereocenters. The van der Waals surface area contributed by atoms with Gasteiger partial charge in [0.05, 0.1) is 5.69 Å². The molecule has 1 N–H and O–H groups in total. The summed E-state index contributed by atoms with van der Waals surface area (Å²) in [7, 11) is 0. The third-order valence-electron chi connectivity index (χ3n) is 2.73. The third kappa shape index (κ3) is 2.79. The number of aromatic nitrogens is 1. The van der Waals surface area contributed by atoms with Crippen LogP contribution in [0.15, 0.2) is 22.8 Å². The fourth-order valence-electron chi connectivity index (χ4n) is 1.43. The Labute approximate surface area is 93.3 Å². The van der Waals surface area contributed by atoms with Gasteiger partial charge in [-0.05, 0) is 46.3 Å². The lowest BCUT2D eigenvalue weighted by Gasteiger charge is -2.09. The van der Waals surface area contributed by atoms with Gasteiger partial charge in [-0.1, -0.05) is 13.0 Å². The molecule has 0 saturated heterocycles. The molecule has 1 heterocycles. The van der Waals surface area contributed by atoms with Crippen LogP contribution in [0.5, 0.6) is 0 Å². The Balaban J connectivity index is 1.80. The standard InChI is InChI=1S/C11H15BrN2/c1-11(5-6-11)8-13-7-9-3-2-4-10(12)14-9/h2-4,13H,5-8H2,1H3. The maximum Gasteiger partial charge on any atom is 0.106 e. The average Bonchev–Trinajstić information content (AvgIpc) is 2.84. The van der Waals surface area contributed by atoms with Gasteiger partial charge in [-0.2, -0.15) is 0 Å². The van der Waals surface area contributed by atoms with Crippen molar-refractivity contribution in [1.82, 2.24) is 10.3 Å². The van der Waals surface area contributed by atoms with E-state index >= 15 is 0 Å². The number of nitrogens with zero attached hydrogens (tertiary/aromatic N) is 1. The molecule has 0 aromatic carbocycles. The van der Waals surface area contributed by atoms with Gasteiger partial charge in [0.25, 0.3) is 0 Å². The van der Waals surface area contributed by atoms with Gasteiger partial charge in [0, 0.05) is 13.1 Å². The van der Waals surface area contributed by atoms with E-state index in [2.05, 4.69) is 33.2 Å². The number of halogens is 1. The molecular weight excluding hydrogens is 240 g/mol. The van der Waals surface area contributed by atoms with Crippen LogP contribution in [0.3, 0.4) is 0 Å². The second-order valence-electron chi connectivity index (χ2n) is 4.37. The first kappa shape index (κ1) is 10.1. The Bertz CT molecular complexity index is 321. The number of pyridine rings is 1. The van der Waals surface area contributed by atoms with Gasteiger partial charge in [0.2, 0.25) is 0 Å². The molecule has 2 nitrogen and oxygen atoms in total. The van der Waals surface area contributed by atoms with Crippen LogP contribution in [-0.4, -0.2) is 11.5 Å². The normalized spacial score (nSPS) is 18.1. The Hall–Kier alpha value is -0.410. The monoisotopic (exact) mass is 254 g/mol. The highest BCUT2D eigenvalue weighted by molar-refractivity contribution is 9.10. The Morgan fingerprint density at radius 2 is 2.29 bits per heavy atom. The van der Waals surface area contributed by atoms with Crippen LogP contribution < -0.4 is 5.32 Å². The van der Waals surface area contributed by atoms with Crippen LogP contribution in [0.1, 0.15) is 25.5 Å². The summed E-state index contributed by atoms with van der Waals surface area (Å²) in [6.07, 6.45) is 2.73. The SMILES string of the molecule is CC1(CNCc2cccc(Br)n2)CC1. The lowest BCUT2D eigenvalue weighted by Crippen LogP contribution is -2.21. The van der Waals surface area contributed by atoms with Crippen molar-refractivity contribution >= 4 is 15.9 Å². The highest BCUT2D eigenvalue weighted by atomic mass is 79.9. The maximum absolute atomic E-state index is 4.37. The molecule has 0 amide bonds. The predicted molar refractivity (Wildman–Crippen MR) is 61.0 cm³/mol. The van der Waals surface area contributed by atoms with Crippen molar-refractivity contribution in [3.63, 3.8) is 0 Å². The molecule has 0 bridgehead atoms. The first-order valence-electron chi connectivity index (χ1n) is 5.00. The van der Waals surface area contributed by atoms with Gasteiger partial charge in [-0.15, -0.1) is 0 Å². The van der Waals surface area contributed by atoms with E-state index in [9.17, 15) is 0 Å². The van der Waals surface area contributed by atoms with Crippen molar-refractivity contribution in [2.24, 2.45) is 5.41 Å². The largest absolute Gasteiger partial charge is 0.311 e. The number of hydrogen-bond donors (Lipinski definition) is 1. The molecule has 3 heteroatoms. The van der Waals surface area contributed by atoms with Crippen LogP contribution in [-0.2, 0) is 6.54 Å². The highest BCUT2D eigenvalue weighted by Crippen LogP contribution is 2.44. The van der Waals surface area contributed by atoms with Gasteiger partial charge < -0.3 is 5.32 Å². The van der Waals surface area contributed by atoms with E-state index in [0.29, 0.717) is 5.41 Å². The van der Waals surface area contributed by atoms with E-state index in [1.807, 2.05) is 18.2 Å². The molecule has 1 aromatic rings. The minimum absolute atomic E-state index is 0.575. The van der Waals surface area contributed by atoms with Gasteiger partial charge in [0.15, 0.2) is 0 Å². The fraction of sp³-hybridized carbons (Fsp3) is 0.545. The third-order valence-corrected chi connectivity index (χ3v) is 3.18. The minimum Gasteiger partial charge on any atom is -0.311 e. The molecule has 0 radical (unpaired) electrons. The fourth-order valence-corrected chi connectivity index (χ4v) is 1.81. The molecule has 0 unspecified atom stereocenters. The number of rotatable bonds is 4. The van der Waals surface area contributed by atoms with Crippen LogP contribution in [0.4, 0.5) is 0 Å². The van der Waals surface area contributed by atoms with Crippen molar-refractivity contribution in [3.05, 3.63) is 28.5 Å². The second kappa shape index (κ2) is 3.99. The molecule has 1 fully saturated rings. The maximum atomic E-state index is 4.37. The van der Waals surface area contributed by atoms with Crippen LogP contribution in [0, 0.1) is 5.41 Å². The zero-order valence-electron chi connectivity index (χ0n) is 8.39. The van der Waals surface area contributed by atoms with Gasteiger partial charge in [0.1, 0.15) is 4.60 Å². The molecule has 2 rings (SSSR count). The van der Waals surface area contributed by atoms with E-state index < -0.39 is 0 Å². The summed E-state index contributed by atoms with van der Waals surface area (Å²) in [4.78, 5) is 4.37. The predicted octanol–water partition coefficient (Wildman–Crippen LogP) is 2.73. The summed E-state index contributed by atoms with van der Waals surface area (Å²) in [6.45, 7) is 4.31.